The first-order chi connectivity index (χ1) is 25.3. The number of nitrogens with zero attached hydrogens (tertiary/aromatic N) is 5. The number of carbonyl (C=O) groups excluding carboxylic acids is 1. The number of ether oxygens (including phenoxy) is 4. The van der Waals surface area contributed by atoms with E-state index in [1.54, 1.807) is 21.1 Å². The van der Waals surface area contributed by atoms with Gasteiger partial charge in [0.25, 0.3) is 0 Å². The largest absolute Gasteiger partial charge is 0.497 e. The van der Waals surface area contributed by atoms with Crippen LogP contribution in [0.2, 0.25) is 0 Å². The second-order valence-corrected chi connectivity index (χ2v) is 12.9. The first kappa shape index (κ1) is 38.0. The molecule has 1 aliphatic heterocycles. The molecule has 0 radical (unpaired) electrons. The average molecular weight is 712 g/mol. The van der Waals surface area contributed by atoms with Crippen LogP contribution in [0.5, 0.6) is 17.5 Å². The number of methoxy groups -OCH3 is 2. The summed E-state index contributed by atoms with van der Waals surface area (Å²) in [5.41, 5.74) is 3.33. The molecular weight excluding hydrogens is 662 g/mol. The third-order valence-electron chi connectivity index (χ3n) is 9.12. The molecule has 4 aromatic rings. The number of hydrogen-bond acceptors (Lipinski definition) is 11. The van der Waals surface area contributed by atoms with Crippen LogP contribution in [-0.4, -0.2) is 66.3 Å². The summed E-state index contributed by atoms with van der Waals surface area (Å²) in [6.07, 6.45) is 4.16. The molecule has 5 rings (SSSR count). The van der Waals surface area contributed by atoms with Gasteiger partial charge >= 0.3 is 17.7 Å². The van der Waals surface area contributed by atoms with Crippen LogP contribution < -0.4 is 19.1 Å². The minimum absolute atomic E-state index is 0.0335. The molecule has 3 aromatic carbocycles. The highest BCUT2D eigenvalue weighted by molar-refractivity contribution is 5.81. The summed E-state index contributed by atoms with van der Waals surface area (Å²) < 4.78 is 22.3. The number of unbranched alkanes of at least 4 members (excludes halogenated alkanes) is 1. The second-order valence-electron chi connectivity index (χ2n) is 12.9. The third kappa shape index (κ3) is 10.2. The van der Waals surface area contributed by atoms with E-state index in [4.69, 9.17) is 18.9 Å². The molecule has 1 unspecified atom stereocenters. The van der Waals surface area contributed by atoms with Crippen LogP contribution in [0.25, 0.3) is 0 Å². The fraction of sp³-hybridized carbons (Fsp3) is 0.425. The summed E-state index contributed by atoms with van der Waals surface area (Å²) in [6.45, 7) is 7.71. The van der Waals surface area contributed by atoms with Crippen molar-refractivity contribution in [2.75, 3.05) is 45.4 Å². The maximum Gasteiger partial charge on any atom is 0.334 e. The van der Waals surface area contributed by atoms with E-state index in [9.17, 15) is 14.9 Å². The lowest BCUT2D eigenvalue weighted by atomic mass is 9.94. The molecule has 2 heterocycles. The molecule has 1 aliphatic rings. The average Bonchev–Trinajstić information content (AvgIpc) is 3.67. The van der Waals surface area contributed by atoms with Crippen LogP contribution in [-0.2, 0) is 35.6 Å². The third-order valence-corrected chi connectivity index (χ3v) is 9.12. The van der Waals surface area contributed by atoms with Gasteiger partial charge in [0.05, 0.1) is 32.4 Å². The highest BCUT2D eigenvalue weighted by atomic mass is 16.6. The highest BCUT2D eigenvalue weighted by Crippen LogP contribution is 2.39. The van der Waals surface area contributed by atoms with Crippen molar-refractivity contribution in [3.05, 3.63) is 111 Å². The van der Waals surface area contributed by atoms with Gasteiger partial charge in [-0.3, -0.25) is 19.8 Å². The van der Waals surface area contributed by atoms with Crippen LogP contribution in [0.3, 0.4) is 0 Å². The lowest BCUT2D eigenvalue weighted by Crippen LogP contribution is -2.27. The standard InChI is InChI=1S/C40H49N5O7/c1-5-7-24-52-40-41-36(35(39(46)51-6-2)25-29-10-12-30(13-11-29)26-43-22-8-9-23-43)37(45(47)48)38(42-40)44(27-31-14-18-33(49-3)19-15-31)28-32-16-20-34(50-4)21-17-32/h10-21,35H,5-9,22-28H2,1-4H3. The van der Waals surface area contributed by atoms with Crippen molar-refractivity contribution in [2.24, 2.45) is 0 Å². The number of carbonyl (C=O) groups is 1. The van der Waals surface area contributed by atoms with E-state index in [0.29, 0.717) is 18.1 Å². The van der Waals surface area contributed by atoms with E-state index in [2.05, 4.69) is 27.0 Å². The molecular formula is C40H49N5O7. The summed E-state index contributed by atoms with van der Waals surface area (Å²) in [7, 11) is 3.19. The van der Waals surface area contributed by atoms with Gasteiger partial charge in [-0.25, -0.2) is 0 Å². The van der Waals surface area contributed by atoms with Crippen LogP contribution in [0, 0.1) is 10.1 Å². The zero-order valence-electron chi connectivity index (χ0n) is 30.6. The van der Waals surface area contributed by atoms with Gasteiger partial charge in [0.2, 0.25) is 5.82 Å². The van der Waals surface area contributed by atoms with E-state index in [1.807, 2.05) is 72.5 Å². The molecule has 0 N–H and O–H groups in total. The minimum atomic E-state index is -1.09. The molecule has 1 aromatic heterocycles. The van der Waals surface area contributed by atoms with Crippen molar-refractivity contribution in [3.8, 4) is 17.5 Å². The fourth-order valence-corrected chi connectivity index (χ4v) is 6.31. The number of benzene rings is 3. The number of aromatic nitrogens is 2. The minimum Gasteiger partial charge on any atom is -0.497 e. The summed E-state index contributed by atoms with van der Waals surface area (Å²) in [5.74, 6) is -0.275. The van der Waals surface area contributed by atoms with Gasteiger partial charge in [0, 0.05) is 19.6 Å². The molecule has 1 fully saturated rings. The fourth-order valence-electron chi connectivity index (χ4n) is 6.31. The quantitative estimate of drug-likeness (QED) is 0.0421. The van der Waals surface area contributed by atoms with Crippen molar-refractivity contribution in [3.63, 3.8) is 0 Å². The van der Waals surface area contributed by atoms with Crippen molar-refractivity contribution in [1.82, 2.24) is 14.9 Å². The molecule has 276 valence electrons. The van der Waals surface area contributed by atoms with Crippen LogP contribution in [0.1, 0.15) is 73.4 Å². The molecule has 0 bridgehead atoms. The zero-order valence-corrected chi connectivity index (χ0v) is 30.6. The number of likely N-dealkylation sites (tertiary alicyclic amines) is 1. The number of nitro groups is 1. The van der Waals surface area contributed by atoms with Crippen molar-refractivity contribution in [2.45, 2.75) is 71.5 Å². The number of rotatable bonds is 19. The van der Waals surface area contributed by atoms with E-state index in [0.717, 1.165) is 49.2 Å². The van der Waals surface area contributed by atoms with E-state index < -0.39 is 16.8 Å². The maximum absolute atomic E-state index is 13.8. The predicted molar refractivity (Wildman–Crippen MR) is 199 cm³/mol. The Labute approximate surface area is 305 Å². The Bertz CT molecular complexity index is 1690. The van der Waals surface area contributed by atoms with E-state index in [-0.39, 0.29) is 49.3 Å². The molecule has 0 saturated carbocycles. The second kappa shape index (κ2) is 18.8. The van der Waals surface area contributed by atoms with Crippen molar-refractivity contribution < 1.29 is 28.7 Å². The molecule has 1 atom stereocenters. The summed E-state index contributed by atoms with van der Waals surface area (Å²) in [6, 6.07) is 23.0. The van der Waals surface area contributed by atoms with Crippen LogP contribution in [0.4, 0.5) is 11.5 Å². The molecule has 0 spiro atoms. The monoisotopic (exact) mass is 711 g/mol. The van der Waals surface area contributed by atoms with Gasteiger partial charge < -0.3 is 23.8 Å². The lowest BCUT2D eigenvalue weighted by molar-refractivity contribution is -0.385. The highest BCUT2D eigenvalue weighted by Gasteiger charge is 2.37. The smallest absolute Gasteiger partial charge is 0.334 e. The van der Waals surface area contributed by atoms with Gasteiger partial charge in [-0.1, -0.05) is 61.9 Å². The number of anilines is 1. The first-order valence-electron chi connectivity index (χ1n) is 18.0. The number of hydrogen-bond donors (Lipinski definition) is 0. The van der Waals surface area contributed by atoms with Gasteiger partial charge in [0.1, 0.15) is 23.1 Å². The van der Waals surface area contributed by atoms with Crippen LogP contribution in [0.15, 0.2) is 72.8 Å². The van der Waals surface area contributed by atoms with Gasteiger partial charge in [-0.05, 0) is 92.2 Å². The Hall–Kier alpha value is -5.23. The summed E-state index contributed by atoms with van der Waals surface area (Å²) in [5, 5.41) is 13.2. The molecule has 52 heavy (non-hydrogen) atoms. The molecule has 0 amide bonds. The van der Waals surface area contributed by atoms with Gasteiger partial charge in [0.15, 0.2) is 0 Å². The van der Waals surface area contributed by atoms with E-state index >= 15 is 0 Å². The summed E-state index contributed by atoms with van der Waals surface area (Å²) >= 11 is 0. The van der Waals surface area contributed by atoms with Crippen molar-refractivity contribution in [1.29, 1.82) is 0 Å². The topological polar surface area (TPSA) is 129 Å². The van der Waals surface area contributed by atoms with Gasteiger partial charge in [-0.2, -0.15) is 9.97 Å². The SMILES string of the molecule is CCCCOc1nc(C(Cc2ccc(CN3CCCC3)cc2)C(=O)OCC)c([N+](=O)[O-])c(N(Cc2ccc(OC)cc2)Cc2ccc(OC)cc2)n1. The molecule has 12 heteroatoms. The Morgan fingerprint density at radius 1 is 0.846 bits per heavy atom. The van der Waals surface area contributed by atoms with Crippen molar-refractivity contribution >= 4 is 17.5 Å². The Morgan fingerprint density at radius 2 is 1.40 bits per heavy atom. The number of esters is 1. The Kier molecular flexibility index (Phi) is 13.8. The lowest BCUT2D eigenvalue weighted by Gasteiger charge is -2.26. The Balaban J connectivity index is 1.61. The molecule has 1 saturated heterocycles. The zero-order chi connectivity index (χ0) is 36.9. The van der Waals surface area contributed by atoms with Gasteiger partial charge in [-0.15, -0.1) is 0 Å². The molecule has 0 aliphatic carbocycles. The summed E-state index contributed by atoms with van der Waals surface area (Å²) in [4.78, 5) is 40.0. The predicted octanol–water partition coefficient (Wildman–Crippen LogP) is 7.27. The molecule has 12 nitrogen and oxygen atoms in total. The first-order valence-corrected chi connectivity index (χ1v) is 18.0. The van der Waals surface area contributed by atoms with E-state index in [1.165, 1.54) is 18.4 Å². The normalized spacial score (nSPS) is 13.4. The Morgan fingerprint density at radius 3 is 1.92 bits per heavy atom. The maximum atomic E-state index is 13.8. The van der Waals surface area contributed by atoms with Crippen LogP contribution >= 0.6 is 0 Å².